The molecule has 8 nitrogen and oxygen atoms in total. The van der Waals surface area contributed by atoms with Crippen LogP contribution in [0.15, 0.2) is 66.7 Å². The van der Waals surface area contributed by atoms with Gasteiger partial charge in [-0.25, -0.2) is 0 Å². The predicted octanol–water partition coefficient (Wildman–Crippen LogP) is 4.57. The van der Waals surface area contributed by atoms with Crippen LogP contribution in [0.3, 0.4) is 0 Å². The maximum Gasteiger partial charge on any atom is 0.293 e. The molecule has 0 aromatic heterocycles. The molecule has 168 valence electrons. The van der Waals surface area contributed by atoms with E-state index in [0.717, 1.165) is 0 Å². The molecule has 1 N–H and O–H groups in total. The van der Waals surface area contributed by atoms with Gasteiger partial charge in [-0.05, 0) is 30.3 Å². The number of nitrogens with zero attached hydrogens (tertiary/aromatic N) is 2. The Kier molecular flexibility index (Phi) is 6.67. The molecule has 4 rings (SSSR count). The van der Waals surface area contributed by atoms with Crippen LogP contribution in [0, 0.1) is 10.1 Å². The van der Waals surface area contributed by atoms with E-state index in [0.29, 0.717) is 42.6 Å². The predicted molar refractivity (Wildman–Crippen MR) is 125 cm³/mol. The Hall–Kier alpha value is -3.75. The minimum Gasteiger partial charge on any atom is -0.378 e. The Bertz CT molecular complexity index is 1210. The van der Waals surface area contributed by atoms with Crippen molar-refractivity contribution < 1.29 is 19.2 Å². The third kappa shape index (κ3) is 5.02. The number of anilines is 2. The van der Waals surface area contributed by atoms with Crippen LogP contribution in [0.25, 0.3) is 0 Å². The fraction of sp³-hybridized carbons (Fsp3) is 0.167. The van der Waals surface area contributed by atoms with Crippen LogP contribution >= 0.6 is 11.6 Å². The number of rotatable bonds is 6. The minimum absolute atomic E-state index is 0.103. The maximum absolute atomic E-state index is 13.0. The Balaban J connectivity index is 1.63. The van der Waals surface area contributed by atoms with Crippen molar-refractivity contribution in [1.29, 1.82) is 0 Å². The number of hydrogen-bond donors (Lipinski definition) is 1. The van der Waals surface area contributed by atoms with Crippen LogP contribution in [0.5, 0.6) is 0 Å². The van der Waals surface area contributed by atoms with Gasteiger partial charge in [0.25, 0.3) is 11.6 Å². The molecule has 1 aliphatic heterocycles. The van der Waals surface area contributed by atoms with Gasteiger partial charge in [0, 0.05) is 40.9 Å². The Morgan fingerprint density at radius 2 is 1.70 bits per heavy atom. The highest BCUT2D eigenvalue weighted by Gasteiger charge is 2.24. The molecule has 0 radical (unpaired) electrons. The van der Waals surface area contributed by atoms with E-state index < -0.39 is 10.8 Å². The second kappa shape index (κ2) is 9.81. The van der Waals surface area contributed by atoms with Crippen LogP contribution in [-0.4, -0.2) is 42.9 Å². The van der Waals surface area contributed by atoms with Crippen molar-refractivity contribution in [3.63, 3.8) is 0 Å². The topological polar surface area (TPSA) is 102 Å². The van der Waals surface area contributed by atoms with Crippen molar-refractivity contribution in [3.8, 4) is 0 Å². The molecule has 33 heavy (non-hydrogen) atoms. The summed E-state index contributed by atoms with van der Waals surface area (Å²) in [5, 5.41) is 14.7. The number of ketones is 1. The van der Waals surface area contributed by atoms with Crippen molar-refractivity contribution in [2.24, 2.45) is 0 Å². The summed E-state index contributed by atoms with van der Waals surface area (Å²) in [6, 6.07) is 17.5. The number of ether oxygens (including phenoxy) is 1. The van der Waals surface area contributed by atoms with Gasteiger partial charge in [-0.3, -0.25) is 19.7 Å². The third-order valence-electron chi connectivity index (χ3n) is 5.30. The van der Waals surface area contributed by atoms with E-state index >= 15 is 0 Å². The lowest BCUT2D eigenvalue weighted by molar-refractivity contribution is -0.384. The first-order valence-electron chi connectivity index (χ1n) is 10.3. The Morgan fingerprint density at radius 1 is 0.970 bits per heavy atom. The summed E-state index contributed by atoms with van der Waals surface area (Å²) in [5.74, 6) is -0.877. The molecule has 3 aromatic carbocycles. The van der Waals surface area contributed by atoms with Crippen molar-refractivity contribution >= 4 is 40.4 Å². The highest BCUT2D eigenvalue weighted by atomic mass is 35.5. The van der Waals surface area contributed by atoms with E-state index in [1.165, 1.54) is 24.3 Å². The summed E-state index contributed by atoms with van der Waals surface area (Å²) in [4.78, 5) is 39.0. The average molecular weight is 466 g/mol. The Morgan fingerprint density at radius 3 is 2.39 bits per heavy atom. The number of nitro benzene ring substituents is 1. The normalized spacial score (nSPS) is 13.4. The van der Waals surface area contributed by atoms with Gasteiger partial charge in [-0.1, -0.05) is 41.9 Å². The summed E-state index contributed by atoms with van der Waals surface area (Å²) in [5.41, 5.74) is 1.31. The van der Waals surface area contributed by atoms with Crippen LogP contribution in [0.4, 0.5) is 17.1 Å². The standard InChI is InChI=1S/C24H20ClN3O5/c25-18-7-8-20(19(15-18)23(29)16-4-2-1-3-5-16)26-24(30)17-6-9-21(22(14-17)28(31)32)27-10-12-33-13-11-27/h1-9,14-15H,10-13H2,(H,26,30). The first-order valence-corrected chi connectivity index (χ1v) is 10.6. The average Bonchev–Trinajstić information content (AvgIpc) is 2.85. The number of carbonyl (C=O) groups excluding carboxylic acids is 2. The quantitative estimate of drug-likeness (QED) is 0.325. The van der Waals surface area contributed by atoms with Crippen LogP contribution in [-0.2, 0) is 4.74 Å². The van der Waals surface area contributed by atoms with Gasteiger partial charge in [-0.2, -0.15) is 0 Å². The molecule has 0 saturated carbocycles. The lowest BCUT2D eigenvalue weighted by atomic mass is 10.0. The molecule has 0 spiro atoms. The fourth-order valence-electron chi connectivity index (χ4n) is 3.64. The van der Waals surface area contributed by atoms with E-state index in [-0.39, 0.29) is 28.3 Å². The summed E-state index contributed by atoms with van der Waals surface area (Å²) in [6.45, 7) is 2.02. The summed E-state index contributed by atoms with van der Waals surface area (Å²) >= 11 is 6.10. The molecule has 3 aromatic rings. The molecule has 0 unspecified atom stereocenters. The van der Waals surface area contributed by atoms with Crippen molar-refractivity contribution in [3.05, 3.63) is 98.6 Å². The monoisotopic (exact) mass is 465 g/mol. The number of amides is 1. The van der Waals surface area contributed by atoms with Crippen LogP contribution < -0.4 is 10.2 Å². The van der Waals surface area contributed by atoms with Gasteiger partial charge in [0.15, 0.2) is 5.78 Å². The molecule has 1 fully saturated rings. The van der Waals surface area contributed by atoms with Crippen molar-refractivity contribution in [2.75, 3.05) is 36.5 Å². The highest BCUT2D eigenvalue weighted by Crippen LogP contribution is 2.31. The molecular weight excluding hydrogens is 446 g/mol. The smallest absolute Gasteiger partial charge is 0.293 e. The van der Waals surface area contributed by atoms with E-state index in [4.69, 9.17) is 16.3 Å². The number of nitrogens with one attached hydrogen (secondary N) is 1. The second-order valence-electron chi connectivity index (χ2n) is 7.40. The van der Waals surface area contributed by atoms with Crippen molar-refractivity contribution in [2.45, 2.75) is 0 Å². The lowest BCUT2D eigenvalue weighted by Gasteiger charge is -2.28. The molecule has 9 heteroatoms. The molecule has 1 heterocycles. The molecule has 1 amide bonds. The first-order chi connectivity index (χ1) is 15.9. The molecular formula is C24H20ClN3O5. The molecule has 0 bridgehead atoms. The lowest BCUT2D eigenvalue weighted by Crippen LogP contribution is -2.36. The van der Waals surface area contributed by atoms with Gasteiger partial charge < -0.3 is 15.0 Å². The summed E-state index contributed by atoms with van der Waals surface area (Å²) < 4.78 is 5.31. The molecule has 1 saturated heterocycles. The third-order valence-corrected chi connectivity index (χ3v) is 5.53. The van der Waals surface area contributed by atoms with E-state index in [9.17, 15) is 19.7 Å². The van der Waals surface area contributed by atoms with Gasteiger partial charge in [0.2, 0.25) is 0 Å². The fourth-order valence-corrected chi connectivity index (χ4v) is 3.81. The molecule has 1 aliphatic rings. The van der Waals surface area contributed by atoms with Gasteiger partial charge in [0.1, 0.15) is 5.69 Å². The Labute approximate surface area is 194 Å². The second-order valence-corrected chi connectivity index (χ2v) is 7.84. The number of benzene rings is 3. The number of carbonyl (C=O) groups is 2. The number of halogens is 1. The largest absolute Gasteiger partial charge is 0.378 e. The zero-order valence-corrected chi connectivity index (χ0v) is 18.2. The summed E-state index contributed by atoms with van der Waals surface area (Å²) in [6.07, 6.45) is 0. The van der Waals surface area contributed by atoms with E-state index in [2.05, 4.69) is 5.32 Å². The molecule has 0 atom stereocenters. The number of nitro groups is 1. The van der Waals surface area contributed by atoms with E-state index in [1.807, 2.05) is 4.90 Å². The highest BCUT2D eigenvalue weighted by molar-refractivity contribution is 6.31. The van der Waals surface area contributed by atoms with Gasteiger partial charge in [0.05, 0.1) is 23.8 Å². The van der Waals surface area contributed by atoms with Gasteiger partial charge in [-0.15, -0.1) is 0 Å². The molecule has 0 aliphatic carbocycles. The van der Waals surface area contributed by atoms with Crippen LogP contribution in [0.2, 0.25) is 5.02 Å². The van der Waals surface area contributed by atoms with E-state index in [1.54, 1.807) is 42.5 Å². The van der Waals surface area contributed by atoms with Crippen molar-refractivity contribution in [1.82, 2.24) is 0 Å². The summed E-state index contributed by atoms with van der Waals surface area (Å²) in [7, 11) is 0. The zero-order chi connectivity index (χ0) is 23.4. The zero-order valence-electron chi connectivity index (χ0n) is 17.5. The number of hydrogen-bond acceptors (Lipinski definition) is 6. The number of morpholine rings is 1. The van der Waals surface area contributed by atoms with Crippen LogP contribution in [0.1, 0.15) is 26.3 Å². The maximum atomic E-state index is 13.0. The first kappa shape index (κ1) is 22.4. The minimum atomic E-state index is -0.573. The SMILES string of the molecule is O=C(Nc1ccc(Cl)cc1C(=O)c1ccccc1)c1ccc(N2CCOCC2)c([N+](=O)[O-])c1. The van der Waals surface area contributed by atoms with Gasteiger partial charge >= 0.3 is 0 Å².